The highest BCUT2D eigenvalue weighted by molar-refractivity contribution is 5.78. The van der Waals surface area contributed by atoms with Gasteiger partial charge in [-0.15, -0.1) is 6.58 Å². The minimum Gasteiger partial charge on any atom is -0.352 e. The van der Waals surface area contributed by atoms with E-state index in [2.05, 4.69) is 22.1 Å². The fourth-order valence-electron chi connectivity index (χ4n) is 2.15. The van der Waals surface area contributed by atoms with E-state index in [1.165, 1.54) is 0 Å². The summed E-state index contributed by atoms with van der Waals surface area (Å²) < 4.78 is 0. The zero-order valence-electron chi connectivity index (χ0n) is 13.0. The first kappa shape index (κ1) is 16.0. The molecule has 116 valence electrons. The molecule has 2 N–H and O–H groups in total. The van der Waals surface area contributed by atoms with Crippen molar-refractivity contribution in [2.45, 2.75) is 13.0 Å². The zero-order chi connectivity index (χ0) is 15.9. The Kier molecular flexibility index (Phi) is 5.49. The Morgan fingerprint density at radius 3 is 2.86 bits per heavy atom. The molecule has 2 rings (SSSR count). The summed E-state index contributed by atoms with van der Waals surface area (Å²) >= 11 is 0. The normalized spacial score (nSPS) is 12.1. The Morgan fingerprint density at radius 2 is 2.18 bits per heavy atom. The molecule has 0 radical (unpaired) electrons. The summed E-state index contributed by atoms with van der Waals surface area (Å²) in [7, 11) is 1.92. The van der Waals surface area contributed by atoms with Gasteiger partial charge in [-0.25, -0.2) is 0 Å². The van der Waals surface area contributed by atoms with Crippen LogP contribution >= 0.6 is 0 Å². The summed E-state index contributed by atoms with van der Waals surface area (Å²) in [5.74, 6) is -0.0166. The summed E-state index contributed by atoms with van der Waals surface area (Å²) in [5, 5.41) is 10.2. The first-order chi connectivity index (χ1) is 10.6. The number of aromatic amines is 1. The Balaban J connectivity index is 2.00. The molecule has 0 aliphatic heterocycles. The van der Waals surface area contributed by atoms with Gasteiger partial charge in [0, 0.05) is 18.2 Å². The minimum absolute atomic E-state index is 0.0166. The van der Waals surface area contributed by atoms with Gasteiger partial charge in [-0.05, 0) is 20.0 Å². The molecule has 5 nitrogen and oxygen atoms in total. The van der Waals surface area contributed by atoms with Crippen molar-refractivity contribution in [2.75, 3.05) is 20.1 Å². The van der Waals surface area contributed by atoms with Gasteiger partial charge in [-0.2, -0.15) is 5.10 Å². The van der Waals surface area contributed by atoms with E-state index in [-0.39, 0.29) is 11.9 Å². The van der Waals surface area contributed by atoms with Gasteiger partial charge in [0.15, 0.2) is 0 Å². The van der Waals surface area contributed by atoms with Crippen molar-refractivity contribution in [3.63, 3.8) is 0 Å². The first-order valence-corrected chi connectivity index (χ1v) is 7.30. The average molecular weight is 298 g/mol. The van der Waals surface area contributed by atoms with Crippen LogP contribution in [0.5, 0.6) is 0 Å². The van der Waals surface area contributed by atoms with Gasteiger partial charge in [0.1, 0.15) is 0 Å². The van der Waals surface area contributed by atoms with E-state index in [0.717, 1.165) is 17.0 Å². The Bertz CT molecular complexity index is 621. The number of aromatic nitrogens is 2. The third-order valence-corrected chi connectivity index (χ3v) is 3.62. The van der Waals surface area contributed by atoms with Crippen LogP contribution in [0.2, 0.25) is 0 Å². The van der Waals surface area contributed by atoms with Crippen LogP contribution in [0.15, 0.2) is 49.1 Å². The number of amides is 1. The van der Waals surface area contributed by atoms with Crippen molar-refractivity contribution >= 4 is 5.91 Å². The maximum atomic E-state index is 11.7. The Labute approximate surface area is 131 Å². The molecule has 1 aromatic heterocycles. The number of rotatable bonds is 7. The maximum absolute atomic E-state index is 11.7. The van der Waals surface area contributed by atoms with Crippen LogP contribution in [-0.2, 0) is 4.79 Å². The number of nitrogens with one attached hydrogen (secondary N) is 2. The highest BCUT2D eigenvalue weighted by atomic mass is 16.2. The average Bonchev–Trinajstić information content (AvgIpc) is 3.03. The molecule has 0 fully saturated rings. The number of likely N-dealkylation sites (N-methyl/N-ethyl adjacent to an activating group) is 1. The number of carbonyl (C=O) groups is 1. The van der Waals surface area contributed by atoms with Crippen molar-refractivity contribution in [1.29, 1.82) is 0 Å². The van der Waals surface area contributed by atoms with Crippen LogP contribution in [-0.4, -0.2) is 41.1 Å². The van der Waals surface area contributed by atoms with E-state index in [0.29, 0.717) is 13.1 Å². The smallest absolute Gasteiger partial charge is 0.234 e. The predicted molar refractivity (Wildman–Crippen MR) is 88.3 cm³/mol. The fraction of sp³-hybridized carbons (Fsp3) is 0.294. The predicted octanol–water partition coefficient (Wildman–Crippen LogP) is 2.37. The summed E-state index contributed by atoms with van der Waals surface area (Å²) in [6.45, 7) is 6.45. The van der Waals surface area contributed by atoms with Crippen LogP contribution in [0.3, 0.4) is 0 Å². The van der Waals surface area contributed by atoms with E-state index in [1.54, 1.807) is 6.08 Å². The standard InChI is InChI=1S/C17H22N4O/c1-4-10-18-17(22)12-21(3)13(2)15-11-16(20-19-15)14-8-6-5-7-9-14/h4-9,11,13H,1,10,12H2,2-3H3,(H,18,22)(H,19,20)/t13-/m1/s1. The summed E-state index contributed by atoms with van der Waals surface area (Å²) in [6, 6.07) is 12.1. The first-order valence-electron chi connectivity index (χ1n) is 7.30. The summed E-state index contributed by atoms with van der Waals surface area (Å²) in [5.41, 5.74) is 2.97. The molecule has 0 spiro atoms. The molecular weight excluding hydrogens is 276 g/mol. The molecule has 0 unspecified atom stereocenters. The van der Waals surface area contributed by atoms with E-state index in [4.69, 9.17) is 0 Å². The molecule has 1 heterocycles. The third kappa shape index (κ3) is 4.05. The van der Waals surface area contributed by atoms with Gasteiger partial charge in [0.05, 0.1) is 17.9 Å². The lowest BCUT2D eigenvalue weighted by Crippen LogP contribution is -2.36. The lowest BCUT2D eigenvalue weighted by molar-refractivity contribution is -0.122. The van der Waals surface area contributed by atoms with Crippen molar-refractivity contribution < 1.29 is 4.79 Å². The molecule has 5 heteroatoms. The van der Waals surface area contributed by atoms with Gasteiger partial charge in [0.2, 0.25) is 5.91 Å². The lowest BCUT2D eigenvalue weighted by Gasteiger charge is -2.22. The summed E-state index contributed by atoms with van der Waals surface area (Å²) in [6.07, 6.45) is 1.67. The van der Waals surface area contributed by atoms with Gasteiger partial charge in [0.25, 0.3) is 0 Å². The van der Waals surface area contributed by atoms with Crippen molar-refractivity contribution in [2.24, 2.45) is 0 Å². The van der Waals surface area contributed by atoms with Gasteiger partial charge < -0.3 is 5.32 Å². The van der Waals surface area contributed by atoms with Crippen molar-refractivity contribution in [3.05, 3.63) is 54.7 Å². The molecule has 0 saturated carbocycles. The van der Waals surface area contributed by atoms with E-state index < -0.39 is 0 Å². The monoisotopic (exact) mass is 298 g/mol. The number of hydrogen-bond donors (Lipinski definition) is 2. The zero-order valence-corrected chi connectivity index (χ0v) is 13.0. The number of benzene rings is 1. The molecule has 1 aromatic carbocycles. The fourth-order valence-corrected chi connectivity index (χ4v) is 2.15. The van der Waals surface area contributed by atoms with Crippen LogP contribution in [0, 0.1) is 0 Å². The van der Waals surface area contributed by atoms with Crippen LogP contribution in [0.1, 0.15) is 18.7 Å². The van der Waals surface area contributed by atoms with Crippen molar-refractivity contribution in [3.8, 4) is 11.3 Å². The van der Waals surface area contributed by atoms with E-state index in [9.17, 15) is 4.79 Å². The van der Waals surface area contributed by atoms with E-state index >= 15 is 0 Å². The second kappa shape index (κ2) is 7.56. The van der Waals surface area contributed by atoms with Crippen LogP contribution in [0.25, 0.3) is 11.3 Å². The molecule has 0 aliphatic carbocycles. The number of carbonyl (C=O) groups excluding carboxylic acids is 1. The molecule has 0 bridgehead atoms. The van der Waals surface area contributed by atoms with Gasteiger partial charge in [-0.3, -0.25) is 14.8 Å². The highest BCUT2D eigenvalue weighted by Crippen LogP contribution is 2.22. The van der Waals surface area contributed by atoms with Gasteiger partial charge >= 0.3 is 0 Å². The molecule has 2 aromatic rings. The molecule has 1 amide bonds. The van der Waals surface area contributed by atoms with Gasteiger partial charge in [-0.1, -0.05) is 36.4 Å². The SMILES string of the molecule is C=CCNC(=O)CN(C)[C@H](C)c1cc(-c2ccccc2)n[nH]1. The van der Waals surface area contributed by atoms with Crippen LogP contribution < -0.4 is 5.32 Å². The topological polar surface area (TPSA) is 61.0 Å². The largest absolute Gasteiger partial charge is 0.352 e. The third-order valence-electron chi connectivity index (χ3n) is 3.62. The van der Waals surface area contributed by atoms with Crippen LogP contribution in [0.4, 0.5) is 0 Å². The minimum atomic E-state index is -0.0166. The number of nitrogens with zero attached hydrogens (tertiary/aromatic N) is 2. The molecule has 0 saturated heterocycles. The highest BCUT2D eigenvalue weighted by Gasteiger charge is 2.17. The van der Waals surface area contributed by atoms with Crippen molar-refractivity contribution in [1.82, 2.24) is 20.4 Å². The lowest BCUT2D eigenvalue weighted by atomic mass is 10.1. The second-order valence-corrected chi connectivity index (χ2v) is 5.26. The summed E-state index contributed by atoms with van der Waals surface area (Å²) in [4.78, 5) is 13.7. The number of H-pyrrole nitrogens is 1. The number of hydrogen-bond acceptors (Lipinski definition) is 3. The molecule has 22 heavy (non-hydrogen) atoms. The Morgan fingerprint density at radius 1 is 1.45 bits per heavy atom. The molecule has 1 atom stereocenters. The second-order valence-electron chi connectivity index (χ2n) is 5.26. The molecular formula is C17H22N4O. The maximum Gasteiger partial charge on any atom is 0.234 e. The quantitative estimate of drug-likeness (QED) is 0.772. The van der Waals surface area contributed by atoms with E-state index in [1.807, 2.05) is 55.3 Å². The Hall–Kier alpha value is -2.40. The molecule has 0 aliphatic rings.